The van der Waals surface area contributed by atoms with Crippen LogP contribution in [0.15, 0.2) is 0 Å². The maximum atomic E-state index is 9.84. The van der Waals surface area contributed by atoms with E-state index in [0.717, 1.165) is 0 Å². The van der Waals surface area contributed by atoms with Crippen LogP contribution in [0.4, 0.5) is 0 Å². The largest absolute Gasteiger partial charge is 0.742 e. The van der Waals surface area contributed by atoms with Crippen molar-refractivity contribution in [2.75, 3.05) is 6.66 Å². The zero-order chi connectivity index (χ0) is 5.86. The Balaban J connectivity index is 3.32. The Labute approximate surface area is 42.3 Å². The first-order valence-electron chi connectivity index (χ1n) is 1.38. The first kappa shape index (κ1) is 7.12. The van der Waals surface area contributed by atoms with Crippen molar-refractivity contribution < 1.29 is 18.3 Å². The first-order valence-corrected chi connectivity index (χ1v) is 4.13. The van der Waals surface area contributed by atoms with Crippen molar-refractivity contribution in [2.24, 2.45) is 0 Å². The summed E-state index contributed by atoms with van der Waals surface area (Å²) in [5.74, 6) is 0. The molecule has 0 heterocycles. The van der Waals surface area contributed by atoms with E-state index < -0.39 is 16.3 Å². The van der Waals surface area contributed by atoms with Gasteiger partial charge in [0.2, 0.25) is 0 Å². The molecule has 7 heavy (non-hydrogen) atoms. The summed E-state index contributed by atoms with van der Waals surface area (Å²) in [7, 11) is -4.60. The second kappa shape index (κ2) is 3.16. The van der Waals surface area contributed by atoms with Gasteiger partial charge in [-0.3, -0.25) is 0 Å². The second-order valence-electron chi connectivity index (χ2n) is 0.759. The molecule has 0 aliphatic rings. The Kier molecular flexibility index (Phi) is 3.22. The molecule has 0 saturated heterocycles. The number of rotatable bonds is 2. The lowest BCUT2D eigenvalue weighted by atomic mass is 12.0. The fourth-order valence-corrected chi connectivity index (χ4v) is 0.885. The topological polar surface area (TPSA) is 63.6 Å². The maximum Gasteiger partial charge on any atom is 0.742 e. The summed E-state index contributed by atoms with van der Waals surface area (Å²) in [6.45, 7) is 1.21. The monoisotopic (exact) mass is 142 g/mol. The van der Waals surface area contributed by atoms with Gasteiger partial charge < -0.3 is 0 Å². The highest BCUT2D eigenvalue weighted by molar-refractivity contribution is 7.49. The molecule has 0 aliphatic carbocycles. The van der Waals surface area contributed by atoms with Crippen molar-refractivity contribution in [2.45, 2.75) is 0 Å². The molecule has 0 radical (unpaired) electrons. The molecule has 0 amide bonds. The van der Waals surface area contributed by atoms with Crippen LogP contribution in [-0.2, 0) is 13.4 Å². The van der Waals surface area contributed by atoms with Crippen molar-refractivity contribution in [1.82, 2.24) is 0 Å². The molecule has 0 fully saturated rings. The highest BCUT2D eigenvalue weighted by atomic mass is 31.2. The summed E-state index contributed by atoms with van der Waals surface area (Å²) in [5, 5.41) is 0. The van der Waals surface area contributed by atoms with E-state index in [2.05, 4.69) is 4.31 Å². The lowest BCUT2D eigenvalue weighted by Gasteiger charge is -1.53. The van der Waals surface area contributed by atoms with E-state index in [1.165, 1.54) is 6.66 Å². The Morgan fingerprint density at radius 3 is 2.00 bits per heavy atom. The molecular weight excluding hydrogens is 138 g/mol. The van der Waals surface area contributed by atoms with Crippen molar-refractivity contribution >= 4 is 16.3 Å². The van der Waals surface area contributed by atoms with Gasteiger partial charge >= 0.3 is 16.3 Å². The second-order valence-corrected chi connectivity index (χ2v) is 2.77. The maximum absolute atomic E-state index is 9.84. The van der Waals surface area contributed by atoms with E-state index in [9.17, 15) is 9.13 Å². The summed E-state index contributed by atoms with van der Waals surface area (Å²) in [4.78, 5) is 7.83. The van der Waals surface area contributed by atoms with Crippen LogP contribution in [0.5, 0.6) is 0 Å². The van der Waals surface area contributed by atoms with Gasteiger partial charge in [-0.2, -0.15) is 0 Å². The third-order valence-corrected chi connectivity index (χ3v) is 1.66. The van der Waals surface area contributed by atoms with Gasteiger partial charge in [0.05, 0.1) is 0 Å². The molecule has 6 heteroatoms. The van der Waals surface area contributed by atoms with Crippen LogP contribution >= 0.6 is 16.3 Å². The minimum atomic E-state index is -2.67. The fourth-order valence-electron chi connectivity index (χ4n) is 0.0984. The van der Waals surface area contributed by atoms with Gasteiger partial charge in [-0.25, -0.2) is 0 Å². The SMILES string of the molecule is C[P+](=O)O[P+](=O)O. The molecule has 0 aliphatic heterocycles. The van der Waals surface area contributed by atoms with Crippen LogP contribution in [0.3, 0.4) is 0 Å². The van der Waals surface area contributed by atoms with Crippen LogP contribution in [0.2, 0.25) is 0 Å². The summed E-state index contributed by atoms with van der Waals surface area (Å²) in [6.07, 6.45) is 0. The van der Waals surface area contributed by atoms with Crippen LogP contribution in [-0.4, -0.2) is 11.6 Å². The minimum absolute atomic E-state index is 1.21. The van der Waals surface area contributed by atoms with E-state index in [1.807, 2.05) is 0 Å². The van der Waals surface area contributed by atoms with E-state index in [4.69, 9.17) is 4.89 Å². The Morgan fingerprint density at radius 1 is 1.57 bits per heavy atom. The van der Waals surface area contributed by atoms with E-state index in [-0.39, 0.29) is 0 Å². The average Bonchev–Trinajstić information content (AvgIpc) is 1.27. The van der Waals surface area contributed by atoms with Gasteiger partial charge in [-0.05, 0) is 4.57 Å². The highest BCUT2D eigenvalue weighted by Gasteiger charge is 2.27. The van der Waals surface area contributed by atoms with Crippen molar-refractivity contribution in [1.29, 1.82) is 0 Å². The molecular formula is CH4O4P2+2. The van der Waals surface area contributed by atoms with Gasteiger partial charge in [-0.15, -0.1) is 4.89 Å². The van der Waals surface area contributed by atoms with Crippen LogP contribution in [0, 0.1) is 0 Å². The fraction of sp³-hybridized carbons (Fsp3) is 1.00. The predicted molar refractivity (Wildman–Crippen MR) is 24.4 cm³/mol. The molecule has 0 saturated carbocycles. The average molecular weight is 142 g/mol. The molecule has 0 aromatic heterocycles. The standard InChI is InChI=1S/CH3O4P2/c1-6(2)5-7(3)4/h1H3/q+1/p+1. The Morgan fingerprint density at radius 2 is 2.00 bits per heavy atom. The summed E-state index contributed by atoms with van der Waals surface area (Å²) < 4.78 is 23.2. The Hall–Kier alpha value is 0.120. The lowest BCUT2D eigenvalue weighted by Crippen LogP contribution is -1.57. The summed E-state index contributed by atoms with van der Waals surface area (Å²) >= 11 is 0. The van der Waals surface area contributed by atoms with Gasteiger partial charge in [0.1, 0.15) is 4.31 Å². The lowest BCUT2D eigenvalue weighted by molar-refractivity contribution is 0.413. The molecule has 4 nitrogen and oxygen atoms in total. The first-order chi connectivity index (χ1) is 3.13. The smallest absolute Gasteiger partial charge is 0.131 e. The zero-order valence-corrected chi connectivity index (χ0v) is 5.36. The Bertz CT molecular complexity index is 85.9. The van der Waals surface area contributed by atoms with Gasteiger partial charge in [-0.1, -0.05) is 0 Å². The van der Waals surface area contributed by atoms with Crippen molar-refractivity contribution in [3.05, 3.63) is 0 Å². The van der Waals surface area contributed by atoms with E-state index >= 15 is 0 Å². The van der Waals surface area contributed by atoms with Gasteiger partial charge in [0.25, 0.3) is 0 Å². The normalized spacial score (nSPS) is 13.4. The minimum Gasteiger partial charge on any atom is -0.131 e. The summed E-state index contributed by atoms with van der Waals surface area (Å²) in [5.41, 5.74) is 0. The van der Waals surface area contributed by atoms with Crippen LogP contribution < -0.4 is 0 Å². The third-order valence-electron chi connectivity index (χ3n) is 0.185. The van der Waals surface area contributed by atoms with Crippen molar-refractivity contribution in [3.8, 4) is 0 Å². The van der Waals surface area contributed by atoms with Crippen LogP contribution in [0.1, 0.15) is 0 Å². The third kappa shape index (κ3) is 6.12. The molecule has 2 atom stereocenters. The molecule has 1 N–H and O–H groups in total. The molecule has 0 aromatic rings. The van der Waals surface area contributed by atoms with Gasteiger partial charge in [0, 0.05) is 4.57 Å². The molecule has 0 bridgehead atoms. The quantitative estimate of drug-likeness (QED) is 0.584. The zero-order valence-electron chi connectivity index (χ0n) is 3.57. The van der Waals surface area contributed by atoms with E-state index in [0.29, 0.717) is 0 Å². The van der Waals surface area contributed by atoms with Crippen LogP contribution in [0.25, 0.3) is 0 Å². The predicted octanol–water partition coefficient (Wildman–Crippen LogP) is 1.02. The van der Waals surface area contributed by atoms with Crippen molar-refractivity contribution in [3.63, 3.8) is 0 Å². The van der Waals surface area contributed by atoms with Gasteiger partial charge in [0.15, 0.2) is 6.66 Å². The number of hydrogen-bond acceptors (Lipinski definition) is 3. The molecule has 40 valence electrons. The number of hydrogen-bond donors (Lipinski definition) is 1. The summed E-state index contributed by atoms with van der Waals surface area (Å²) in [6, 6.07) is 0. The highest BCUT2D eigenvalue weighted by Crippen LogP contribution is 2.31. The molecule has 0 rings (SSSR count). The molecule has 0 spiro atoms. The van der Waals surface area contributed by atoms with E-state index in [1.54, 1.807) is 0 Å². The molecule has 2 unspecified atom stereocenters. The molecule has 0 aromatic carbocycles.